The lowest BCUT2D eigenvalue weighted by Gasteiger charge is -2.21. The van der Waals surface area contributed by atoms with Gasteiger partial charge in [0.05, 0.1) is 6.54 Å². The third-order valence-corrected chi connectivity index (χ3v) is 4.06. The highest BCUT2D eigenvalue weighted by Crippen LogP contribution is 2.45. The molecule has 0 fully saturated rings. The Hall–Kier alpha value is -3.27. The van der Waals surface area contributed by atoms with Crippen molar-refractivity contribution in [1.82, 2.24) is 0 Å². The first-order chi connectivity index (χ1) is 12.2. The van der Waals surface area contributed by atoms with E-state index in [0.29, 0.717) is 28.6 Å². The minimum absolute atomic E-state index is 0.0419. The number of hydrogen-bond donors (Lipinski definition) is 1. The first-order valence-corrected chi connectivity index (χ1v) is 8.11. The van der Waals surface area contributed by atoms with Crippen LogP contribution in [0.2, 0.25) is 0 Å². The van der Waals surface area contributed by atoms with Gasteiger partial charge in [0.15, 0.2) is 28.8 Å². The molecule has 0 aromatic heterocycles. The van der Waals surface area contributed by atoms with Gasteiger partial charge in [0.25, 0.3) is 0 Å². The van der Waals surface area contributed by atoms with Crippen LogP contribution in [0.4, 0.5) is 5.69 Å². The third-order valence-electron chi connectivity index (χ3n) is 4.06. The van der Waals surface area contributed by atoms with E-state index in [1.54, 1.807) is 0 Å². The molecule has 0 saturated carbocycles. The first-order valence-electron chi connectivity index (χ1n) is 8.11. The number of benzene rings is 3. The van der Waals surface area contributed by atoms with E-state index >= 15 is 0 Å². The summed E-state index contributed by atoms with van der Waals surface area (Å²) in [6, 6.07) is 20.7. The highest BCUT2D eigenvalue weighted by Gasteiger charge is 2.18. The van der Waals surface area contributed by atoms with Gasteiger partial charge in [-0.1, -0.05) is 42.0 Å². The van der Waals surface area contributed by atoms with Crippen molar-refractivity contribution in [3.63, 3.8) is 0 Å². The van der Waals surface area contributed by atoms with E-state index in [-0.39, 0.29) is 12.3 Å². The second kappa shape index (κ2) is 6.32. The smallest absolute Gasteiger partial charge is 0.181 e. The van der Waals surface area contributed by atoms with Crippen molar-refractivity contribution >= 4 is 11.5 Å². The summed E-state index contributed by atoms with van der Waals surface area (Å²) in [4.78, 5) is 12.3. The normalized spacial score (nSPS) is 11.6. The lowest BCUT2D eigenvalue weighted by Crippen LogP contribution is -2.14. The van der Waals surface area contributed by atoms with Crippen LogP contribution in [0.25, 0.3) is 0 Å². The summed E-state index contributed by atoms with van der Waals surface area (Å²) in [7, 11) is 0. The van der Waals surface area contributed by atoms with Crippen molar-refractivity contribution < 1.29 is 14.3 Å². The summed E-state index contributed by atoms with van der Waals surface area (Å²) in [6.45, 7) is 2.22. The minimum Gasteiger partial charge on any atom is -0.450 e. The van der Waals surface area contributed by atoms with E-state index in [4.69, 9.17) is 9.47 Å². The van der Waals surface area contributed by atoms with Crippen LogP contribution in [-0.4, -0.2) is 12.3 Å². The average molecular weight is 331 g/mol. The number of fused-ring (bicyclic) bond motifs is 2. The molecule has 1 aliphatic rings. The molecule has 1 aliphatic heterocycles. The summed E-state index contributed by atoms with van der Waals surface area (Å²) in [5, 5.41) is 3.15. The van der Waals surface area contributed by atoms with E-state index in [1.807, 2.05) is 73.7 Å². The number of para-hydroxylation sites is 2. The van der Waals surface area contributed by atoms with Gasteiger partial charge in [0.2, 0.25) is 0 Å². The fourth-order valence-corrected chi connectivity index (χ4v) is 2.66. The predicted molar refractivity (Wildman–Crippen MR) is 97.0 cm³/mol. The zero-order valence-corrected chi connectivity index (χ0v) is 13.8. The number of aryl methyl sites for hydroxylation is 1. The number of ether oxygens (including phenoxy) is 2. The molecule has 4 heteroatoms. The van der Waals surface area contributed by atoms with Crippen molar-refractivity contribution in [3.8, 4) is 23.0 Å². The van der Waals surface area contributed by atoms with Gasteiger partial charge < -0.3 is 14.8 Å². The molecule has 0 saturated heterocycles. The van der Waals surface area contributed by atoms with Gasteiger partial charge in [-0.3, -0.25) is 4.79 Å². The average Bonchev–Trinajstić information content (AvgIpc) is 2.65. The number of ketones is 1. The van der Waals surface area contributed by atoms with Crippen LogP contribution in [0.3, 0.4) is 0 Å². The fraction of sp³-hybridized carbons (Fsp3) is 0.0952. The van der Waals surface area contributed by atoms with Gasteiger partial charge in [-0.25, -0.2) is 0 Å². The van der Waals surface area contributed by atoms with Gasteiger partial charge in [-0.15, -0.1) is 0 Å². The van der Waals surface area contributed by atoms with Crippen LogP contribution in [-0.2, 0) is 0 Å². The van der Waals surface area contributed by atoms with Gasteiger partial charge >= 0.3 is 0 Å². The highest BCUT2D eigenvalue weighted by molar-refractivity contribution is 5.99. The van der Waals surface area contributed by atoms with Crippen molar-refractivity contribution in [2.45, 2.75) is 6.92 Å². The standard InChI is InChI=1S/C21H17NO3/c1-14-6-8-15(9-7-14)17(23)13-22-16-10-11-20-21(12-16)25-19-5-3-2-4-18(19)24-20/h2-12,22H,13H2,1H3. The predicted octanol–water partition coefficient (Wildman–Crippen LogP) is 5.19. The molecule has 1 N–H and O–H groups in total. The van der Waals surface area contributed by atoms with Gasteiger partial charge in [0.1, 0.15) is 0 Å². The van der Waals surface area contributed by atoms with Crippen LogP contribution in [0.15, 0.2) is 66.7 Å². The molecular formula is C21H17NO3. The molecule has 4 nitrogen and oxygen atoms in total. The maximum absolute atomic E-state index is 12.3. The Balaban J connectivity index is 1.46. The molecule has 124 valence electrons. The Morgan fingerprint density at radius 2 is 1.48 bits per heavy atom. The molecular weight excluding hydrogens is 314 g/mol. The molecule has 0 unspecified atom stereocenters. The molecule has 0 amide bonds. The maximum Gasteiger partial charge on any atom is 0.181 e. The number of carbonyl (C=O) groups excluding carboxylic acids is 1. The molecule has 0 aliphatic carbocycles. The molecule has 3 aromatic rings. The molecule has 25 heavy (non-hydrogen) atoms. The Morgan fingerprint density at radius 3 is 2.20 bits per heavy atom. The monoisotopic (exact) mass is 331 g/mol. The third kappa shape index (κ3) is 3.19. The van der Waals surface area contributed by atoms with Crippen LogP contribution < -0.4 is 14.8 Å². The first kappa shape index (κ1) is 15.3. The minimum atomic E-state index is 0.0419. The molecule has 0 atom stereocenters. The molecule has 4 rings (SSSR count). The van der Waals surface area contributed by atoms with E-state index in [1.165, 1.54) is 0 Å². The zero-order valence-electron chi connectivity index (χ0n) is 13.8. The topological polar surface area (TPSA) is 47.6 Å². The lowest BCUT2D eigenvalue weighted by molar-refractivity contribution is 0.101. The van der Waals surface area contributed by atoms with Crippen molar-refractivity contribution in [1.29, 1.82) is 0 Å². The van der Waals surface area contributed by atoms with E-state index in [0.717, 1.165) is 11.3 Å². The number of nitrogens with one attached hydrogen (secondary N) is 1. The quantitative estimate of drug-likeness (QED) is 0.523. The van der Waals surface area contributed by atoms with E-state index in [2.05, 4.69) is 5.32 Å². The lowest BCUT2D eigenvalue weighted by atomic mass is 10.1. The maximum atomic E-state index is 12.3. The van der Waals surface area contributed by atoms with E-state index in [9.17, 15) is 4.79 Å². The molecule has 0 bridgehead atoms. The van der Waals surface area contributed by atoms with Crippen molar-refractivity contribution in [2.24, 2.45) is 0 Å². The number of Topliss-reactive ketones (excluding diaryl/α,β-unsaturated/α-hetero) is 1. The molecule has 1 heterocycles. The molecule has 3 aromatic carbocycles. The number of rotatable bonds is 4. The number of carbonyl (C=O) groups is 1. The van der Waals surface area contributed by atoms with Gasteiger partial charge in [-0.2, -0.15) is 0 Å². The Kier molecular flexibility index (Phi) is 3.86. The molecule has 0 spiro atoms. The Bertz CT molecular complexity index is 932. The van der Waals surface area contributed by atoms with Crippen molar-refractivity contribution in [2.75, 3.05) is 11.9 Å². The summed E-state index contributed by atoms with van der Waals surface area (Å²) < 4.78 is 11.7. The van der Waals surface area contributed by atoms with Gasteiger partial charge in [-0.05, 0) is 31.2 Å². The highest BCUT2D eigenvalue weighted by atomic mass is 16.6. The fourth-order valence-electron chi connectivity index (χ4n) is 2.66. The number of hydrogen-bond acceptors (Lipinski definition) is 4. The number of anilines is 1. The van der Waals surface area contributed by atoms with Gasteiger partial charge in [0, 0.05) is 17.3 Å². The second-order valence-electron chi connectivity index (χ2n) is 5.96. The summed E-state index contributed by atoms with van der Waals surface area (Å²) in [5.74, 6) is 2.72. The summed E-state index contributed by atoms with van der Waals surface area (Å²) in [5.41, 5.74) is 2.64. The Labute approximate surface area is 146 Å². The van der Waals surface area contributed by atoms with Crippen molar-refractivity contribution in [3.05, 3.63) is 77.9 Å². The van der Waals surface area contributed by atoms with Crippen LogP contribution in [0.5, 0.6) is 23.0 Å². The molecule has 0 radical (unpaired) electrons. The zero-order chi connectivity index (χ0) is 17.2. The SMILES string of the molecule is Cc1ccc(C(=O)CNc2ccc3c(c2)Oc2ccccc2O3)cc1. The largest absolute Gasteiger partial charge is 0.450 e. The second-order valence-corrected chi connectivity index (χ2v) is 5.96. The van der Waals surface area contributed by atoms with Crippen LogP contribution in [0.1, 0.15) is 15.9 Å². The van der Waals surface area contributed by atoms with E-state index < -0.39 is 0 Å². The Morgan fingerprint density at radius 1 is 0.840 bits per heavy atom. The van der Waals surface area contributed by atoms with Crippen LogP contribution in [0, 0.1) is 6.92 Å². The summed E-state index contributed by atoms with van der Waals surface area (Å²) in [6.07, 6.45) is 0. The van der Waals surface area contributed by atoms with Crippen LogP contribution >= 0.6 is 0 Å². The summed E-state index contributed by atoms with van der Waals surface area (Å²) >= 11 is 0.